The molecule has 0 atom stereocenters. The zero-order valence-electron chi connectivity index (χ0n) is 9.59. The predicted molar refractivity (Wildman–Crippen MR) is 60.4 cm³/mol. The van der Waals surface area contributed by atoms with Gasteiger partial charge in [-0.05, 0) is 13.3 Å². The van der Waals surface area contributed by atoms with E-state index in [0.29, 0.717) is 19.8 Å². The average Bonchev–Trinajstić information content (AvgIpc) is 2.21. The largest absolute Gasteiger partial charge is 0.379 e. The molecule has 2 nitrogen and oxygen atoms in total. The second kappa shape index (κ2) is 12.9. The molecule has 0 rings (SSSR count). The van der Waals surface area contributed by atoms with Crippen molar-refractivity contribution in [2.45, 2.75) is 45.4 Å². The van der Waals surface area contributed by atoms with Gasteiger partial charge in [-0.2, -0.15) is 0 Å². The van der Waals surface area contributed by atoms with E-state index in [1.807, 2.05) is 0 Å². The van der Waals surface area contributed by atoms with E-state index in [4.69, 9.17) is 9.47 Å². The molecule has 85 valence electrons. The monoisotopic (exact) mass is 201 g/mol. The van der Waals surface area contributed by atoms with Gasteiger partial charge < -0.3 is 9.47 Å². The molecule has 0 aromatic heterocycles. The van der Waals surface area contributed by atoms with E-state index >= 15 is 0 Å². The van der Waals surface area contributed by atoms with Gasteiger partial charge in [0.1, 0.15) is 0 Å². The molecule has 0 aromatic rings. The highest BCUT2D eigenvalue weighted by molar-refractivity contribution is 4.43. The van der Waals surface area contributed by atoms with Crippen LogP contribution in [0.3, 0.4) is 0 Å². The first-order valence-corrected chi connectivity index (χ1v) is 5.86. The summed E-state index contributed by atoms with van der Waals surface area (Å²) in [4.78, 5) is 0. The first kappa shape index (κ1) is 13.9. The summed E-state index contributed by atoms with van der Waals surface area (Å²) in [5.74, 6) is 0. The summed E-state index contributed by atoms with van der Waals surface area (Å²) in [5, 5.41) is 0. The van der Waals surface area contributed by atoms with Crippen molar-refractivity contribution in [2.24, 2.45) is 0 Å². The molecule has 0 fully saturated rings. The van der Waals surface area contributed by atoms with Crippen LogP contribution in [0.5, 0.6) is 0 Å². The minimum Gasteiger partial charge on any atom is -0.379 e. The Balaban J connectivity index is 2.78. The molecule has 14 heavy (non-hydrogen) atoms. The molecule has 0 spiro atoms. The third-order valence-electron chi connectivity index (χ3n) is 2.16. The molecular weight excluding hydrogens is 176 g/mol. The molecule has 0 aliphatic carbocycles. The van der Waals surface area contributed by atoms with Crippen molar-refractivity contribution in [3.63, 3.8) is 0 Å². The molecule has 0 saturated heterocycles. The highest BCUT2D eigenvalue weighted by atomic mass is 16.5. The van der Waals surface area contributed by atoms with Gasteiger partial charge in [0, 0.05) is 13.2 Å². The summed E-state index contributed by atoms with van der Waals surface area (Å²) in [5.41, 5.74) is 0. The van der Waals surface area contributed by atoms with E-state index in [0.717, 1.165) is 6.61 Å². The maximum atomic E-state index is 5.39. The van der Waals surface area contributed by atoms with Crippen LogP contribution in [-0.4, -0.2) is 26.4 Å². The van der Waals surface area contributed by atoms with Crippen LogP contribution >= 0.6 is 0 Å². The van der Waals surface area contributed by atoms with Gasteiger partial charge in [-0.25, -0.2) is 0 Å². The van der Waals surface area contributed by atoms with Crippen LogP contribution in [0.2, 0.25) is 0 Å². The molecule has 0 saturated carbocycles. The molecule has 0 bridgehead atoms. The fraction of sp³-hybridized carbons (Fsp3) is 0.917. The molecule has 0 unspecified atom stereocenters. The quantitative estimate of drug-likeness (QED) is 0.478. The molecule has 0 aliphatic heterocycles. The highest BCUT2D eigenvalue weighted by Gasteiger charge is 1.91. The van der Waals surface area contributed by atoms with Crippen molar-refractivity contribution < 1.29 is 9.47 Å². The van der Waals surface area contributed by atoms with Gasteiger partial charge in [0.25, 0.3) is 0 Å². The van der Waals surface area contributed by atoms with Crippen LogP contribution in [0, 0.1) is 6.92 Å². The molecule has 0 aliphatic rings. The van der Waals surface area contributed by atoms with Crippen molar-refractivity contribution in [2.75, 3.05) is 26.4 Å². The first-order chi connectivity index (χ1) is 6.91. The predicted octanol–water partition coefficient (Wildman–Crippen LogP) is 3.21. The van der Waals surface area contributed by atoms with Crippen LogP contribution in [0.25, 0.3) is 0 Å². The molecule has 0 aromatic carbocycles. The number of rotatable bonds is 11. The summed E-state index contributed by atoms with van der Waals surface area (Å²) in [6.45, 7) is 8.64. The Morgan fingerprint density at radius 2 is 1.43 bits per heavy atom. The van der Waals surface area contributed by atoms with Crippen molar-refractivity contribution in [1.82, 2.24) is 0 Å². The van der Waals surface area contributed by atoms with E-state index in [1.54, 1.807) is 0 Å². The number of hydrogen-bond acceptors (Lipinski definition) is 2. The SMILES string of the molecule is [CH2]COCCOCCCCCCCC. The second-order valence-corrected chi connectivity index (χ2v) is 3.49. The maximum Gasteiger partial charge on any atom is 0.0700 e. The zero-order chi connectivity index (χ0) is 10.5. The third-order valence-corrected chi connectivity index (χ3v) is 2.16. The summed E-state index contributed by atoms with van der Waals surface area (Å²) in [7, 11) is 0. The Bertz CT molecular complexity index is 82.3. The smallest absolute Gasteiger partial charge is 0.0700 e. The van der Waals surface area contributed by atoms with Crippen molar-refractivity contribution in [3.05, 3.63) is 6.92 Å². The molecule has 0 amide bonds. The van der Waals surface area contributed by atoms with E-state index < -0.39 is 0 Å². The topological polar surface area (TPSA) is 18.5 Å². The lowest BCUT2D eigenvalue weighted by molar-refractivity contribution is 0.0561. The minimum atomic E-state index is 0.542. The Morgan fingerprint density at radius 1 is 0.786 bits per heavy atom. The fourth-order valence-electron chi connectivity index (χ4n) is 1.31. The summed E-state index contributed by atoms with van der Waals surface area (Å²) < 4.78 is 10.4. The van der Waals surface area contributed by atoms with Crippen molar-refractivity contribution >= 4 is 0 Å². The molecule has 1 radical (unpaired) electrons. The lowest BCUT2D eigenvalue weighted by Gasteiger charge is -2.04. The number of hydrogen-bond donors (Lipinski definition) is 0. The van der Waals surface area contributed by atoms with Crippen molar-refractivity contribution in [1.29, 1.82) is 0 Å². The van der Waals surface area contributed by atoms with E-state index in [9.17, 15) is 0 Å². The minimum absolute atomic E-state index is 0.542. The lowest BCUT2D eigenvalue weighted by atomic mass is 10.1. The highest BCUT2D eigenvalue weighted by Crippen LogP contribution is 2.04. The van der Waals surface area contributed by atoms with Gasteiger partial charge in [0.2, 0.25) is 0 Å². The molecule has 0 N–H and O–H groups in total. The van der Waals surface area contributed by atoms with E-state index in [1.165, 1.54) is 38.5 Å². The molecular formula is C12H25O2. The Kier molecular flexibility index (Phi) is 12.8. The van der Waals surface area contributed by atoms with Gasteiger partial charge in [-0.1, -0.05) is 39.0 Å². The zero-order valence-corrected chi connectivity index (χ0v) is 9.59. The van der Waals surface area contributed by atoms with Crippen LogP contribution in [0.1, 0.15) is 45.4 Å². The standard InChI is InChI=1S/C12H25O2/c1-3-5-6-7-8-9-10-14-12-11-13-4-2/h2-12H2,1H3. The molecule has 2 heteroatoms. The van der Waals surface area contributed by atoms with Crippen LogP contribution in [-0.2, 0) is 9.47 Å². The second-order valence-electron chi connectivity index (χ2n) is 3.49. The first-order valence-electron chi connectivity index (χ1n) is 5.86. The Morgan fingerprint density at radius 3 is 2.14 bits per heavy atom. The summed E-state index contributed by atoms with van der Waals surface area (Å²) >= 11 is 0. The van der Waals surface area contributed by atoms with Gasteiger partial charge in [0.15, 0.2) is 0 Å². The Labute approximate surface area is 89.0 Å². The third kappa shape index (κ3) is 11.9. The summed E-state index contributed by atoms with van der Waals surface area (Å²) in [6, 6.07) is 0. The Hall–Kier alpha value is -0.0800. The van der Waals surface area contributed by atoms with E-state index in [-0.39, 0.29) is 0 Å². The lowest BCUT2D eigenvalue weighted by Crippen LogP contribution is -2.04. The fourth-order valence-corrected chi connectivity index (χ4v) is 1.31. The normalized spacial score (nSPS) is 10.7. The van der Waals surface area contributed by atoms with Gasteiger partial charge in [0.05, 0.1) is 13.2 Å². The average molecular weight is 201 g/mol. The van der Waals surface area contributed by atoms with Crippen LogP contribution in [0.15, 0.2) is 0 Å². The number of ether oxygens (including phenoxy) is 2. The van der Waals surface area contributed by atoms with Crippen LogP contribution < -0.4 is 0 Å². The molecule has 0 heterocycles. The maximum absolute atomic E-state index is 5.39. The van der Waals surface area contributed by atoms with Gasteiger partial charge in [-0.15, -0.1) is 0 Å². The number of unbranched alkanes of at least 4 members (excludes halogenated alkanes) is 5. The van der Waals surface area contributed by atoms with Crippen LogP contribution in [0.4, 0.5) is 0 Å². The van der Waals surface area contributed by atoms with Gasteiger partial charge >= 0.3 is 0 Å². The summed E-state index contributed by atoms with van der Waals surface area (Å²) in [6.07, 6.45) is 7.91. The van der Waals surface area contributed by atoms with E-state index in [2.05, 4.69) is 13.8 Å². The van der Waals surface area contributed by atoms with Gasteiger partial charge in [-0.3, -0.25) is 0 Å². The van der Waals surface area contributed by atoms with Crippen molar-refractivity contribution in [3.8, 4) is 0 Å².